The highest BCUT2D eigenvalue weighted by atomic mass is 19.1. The standard InChI is InChI=1S/C16H12FN5O2/c1-2-10-12-14(22-21-10)24-13(19)9(6-18)16(12)8-5-7(17)3-4-11(8)20-15(16)23/h3-5H,2,19H2,1H3,(H,20,23)(H,21,22)/t16-/m1/s1. The molecule has 120 valence electrons. The molecule has 0 saturated carbocycles. The first-order valence-electron chi connectivity index (χ1n) is 7.31. The first kappa shape index (κ1) is 14.3. The molecule has 1 spiro atoms. The summed E-state index contributed by atoms with van der Waals surface area (Å²) in [6.45, 7) is 1.87. The zero-order chi connectivity index (χ0) is 17.1. The zero-order valence-corrected chi connectivity index (χ0v) is 12.6. The number of carbonyl (C=O) groups excluding carboxylic acids is 1. The lowest BCUT2D eigenvalue weighted by molar-refractivity contribution is -0.118. The van der Waals surface area contributed by atoms with Crippen molar-refractivity contribution in [2.24, 2.45) is 5.73 Å². The summed E-state index contributed by atoms with van der Waals surface area (Å²) in [7, 11) is 0. The normalized spacial score (nSPS) is 21.1. The number of nitrogens with one attached hydrogen (secondary N) is 2. The van der Waals surface area contributed by atoms with E-state index in [0.29, 0.717) is 28.9 Å². The number of hydrogen-bond acceptors (Lipinski definition) is 5. The fraction of sp³-hybridized carbons (Fsp3) is 0.188. The smallest absolute Gasteiger partial charge is 0.245 e. The Balaban J connectivity index is 2.17. The minimum Gasteiger partial charge on any atom is -0.420 e. The molecule has 2 aliphatic rings. The van der Waals surface area contributed by atoms with Crippen LogP contribution < -0.4 is 15.8 Å². The summed E-state index contributed by atoms with van der Waals surface area (Å²) in [5.41, 5.74) is 6.01. The molecule has 0 radical (unpaired) electrons. The maximum absolute atomic E-state index is 13.9. The second kappa shape index (κ2) is 4.58. The van der Waals surface area contributed by atoms with E-state index in [0.717, 1.165) is 0 Å². The van der Waals surface area contributed by atoms with Gasteiger partial charge in [0.2, 0.25) is 17.7 Å². The number of benzene rings is 1. The average molecular weight is 325 g/mol. The van der Waals surface area contributed by atoms with Crippen LogP contribution in [0.4, 0.5) is 10.1 Å². The van der Waals surface area contributed by atoms with Crippen molar-refractivity contribution in [2.75, 3.05) is 5.32 Å². The summed E-state index contributed by atoms with van der Waals surface area (Å²) in [6, 6.07) is 5.90. The number of carbonyl (C=O) groups is 1. The Morgan fingerprint density at radius 2 is 2.29 bits per heavy atom. The third kappa shape index (κ3) is 1.48. The van der Waals surface area contributed by atoms with Crippen molar-refractivity contribution >= 4 is 11.6 Å². The Kier molecular flexibility index (Phi) is 2.72. The number of ether oxygens (including phenoxy) is 1. The van der Waals surface area contributed by atoms with Crippen LogP contribution in [0.2, 0.25) is 0 Å². The van der Waals surface area contributed by atoms with Gasteiger partial charge in [0.1, 0.15) is 22.9 Å². The van der Waals surface area contributed by atoms with Gasteiger partial charge in [-0.25, -0.2) is 4.39 Å². The number of amides is 1. The lowest BCUT2D eigenvalue weighted by Crippen LogP contribution is -2.42. The molecular formula is C16H12FN5O2. The molecule has 0 saturated heterocycles. The number of aromatic nitrogens is 2. The van der Waals surface area contributed by atoms with Gasteiger partial charge in [0.15, 0.2) is 0 Å². The van der Waals surface area contributed by atoms with E-state index in [4.69, 9.17) is 10.5 Å². The SMILES string of the molecule is CCc1[nH]nc2c1[C@]1(C(=O)Nc3ccc(F)cc31)C(C#N)=C(N)O2. The maximum atomic E-state index is 13.9. The number of rotatable bonds is 1. The molecule has 4 N–H and O–H groups in total. The van der Waals surface area contributed by atoms with E-state index in [-0.39, 0.29) is 17.3 Å². The van der Waals surface area contributed by atoms with Gasteiger partial charge < -0.3 is 15.8 Å². The van der Waals surface area contributed by atoms with Crippen LogP contribution in [0.25, 0.3) is 0 Å². The first-order valence-corrected chi connectivity index (χ1v) is 7.31. The van der Waals surface area contributed by atoms with E-state index in [1.54, 1.807) is 0 Å². The number of H-pyrrole nitrogens is 1. The van der Waals surface area contributed by atoms with Crippen molar-refractivity contribution in [1.29, 1.82) is 5.26 Å². The molecule has 1 amide bonds. The number of anilines is 1. The molecule has 0 bridgehead atoms. The lowest BCUT2D eigenvalue weighted by Gasteiger charge is -2.31. The molecule has 1 atom stereocenters. The van der Waals surface area contributed by atoms with Crippen LogP contribution in [0.1, 0.15) is 23.7 Å². The van der Waals surface area contributed by atoms with Crippen molar-refractivity contribution < 1.29 is 13.9 Å². The molecular weight excluding hydrogens is 313 g/mol. The molecule has 0 unspecified atom stereocenters. The van der Waals surface area contributed by atoms with Crippen molar-refractivity contribution in [3.05, 3.63) is 52.3 Å². The van der Waals surface area contributed by atoms with Crippen LogP contribution in [0.15, 0.2) is 29.7 Å². The Morgan fingerprint density at radius 3 is 3.00 bits per heavy atom. The van der Waals surface area contributed by atoms with Crippen LogP contribution >= 0.6 is 0 Å². The topological polar surface area (TPSA) is 117 Å². The van der Waals surface area contributed by atoms with Crippen molar-refractivity contribution in [1.82, 2.24) is 10.2 Å². The van der Waals surface area contributed by atoms with Gasteiger partial charge in [-0.05, 0) is 24.6 Å². The van der Waals surface area contributed by atoms with Gasteiger partial charge in [0.05, 0.1) is 5.56 Å². The largest absolute Gasteiger partial charge is 0.420 e. The second-order valence-electron chi connectivity index (χ2n) is 5.58. The van der Waals surface area contributed by atoms with E-state index in [2.05, 4.69) is 15.5 Å². The molecule has 3 heterocycles. The highest BCUT2D eigenvalue weighted by Gasteiger charge is 2.58. The maximum Gasteiger partial charge on any atom is 0.245 e. The molecule has 2 aliphatic heterocycles. The molecule has 8 heteroatoms. The molecule has 2 aromatic rings. The summed E-state index contributed by atoms with van der Waals surface area (Å²) in [6.07, 6.45) is 0.518. The fourth-order valence-corrected chi connectivity index (χ4v) is 3.45. The molecule has 0 fully saturated rings. The van der Waals surface area contributed by atoms with Gasteiger partial charge >= 0.3 is 0 Å². The van der Waals surface area contributed by atoms with E-state index >= 15 is 0 Å². The highest BCUT2D eigenvalue weighted by Crippen LogP contribution is 2.53. The van der Waals surface area contributed by atoms with Crippen LogP contribution in [0.3, 0.4) is 0 Å². The fourth-order valence-electron chi connectivity index (χ4n) is 3.45. The third-order valence-electron chi connectivity index (χ3n) is 4.45. The minimum absolute atomic E-state index is 0.0760. The number of hydrogen-bond donors (Lipinski definition) is 3. The zero-order valence-electron chi connectivity index (χ0n) is 12.6. The summed E-state index contributed by atoms with van der Waals surface area (Å²) in [5.74, 6) is -1.10. The number of aryl methyl sites for hydroxylation is 1. The molecule has 1 aromatic heterocycles. The third-order valence-corrected chi connectivity index (χ3v) is 4.45. The van der Waals surface area contributed by atoms with E-state index in [1.165, 1.54) is 18.2 Å². The van der Waals surface area contributed by atoms with Gasteiger partial charge in [0, 0.05) is 16.9 Å². The average Bonchev–Trinajstić information content (AvgIpc) is 3.08. The summed E-state index contributed by atoms with van der Waals surface area (Å²) >= 11 is 0. The first-order chi connectivity index (χ1) is 11.5. The van der Waals surface area contributed by atoms with Crippen molar-refractivity contribution in [2.45, 2.75) is 18.8 Å². The van der Waals surface area contributed by atoms with Crippen LogP contribution in [0.5, 0.6) is 5.88 Å². The second-order valence-corrected chi connectivity index (χ2v) is 5.58. The van der Waals surface area contributed by atoms with Gasteiger partial charge in [-0.3, -0.25) is 9.89 Å². The van der Waals surface area contributed by atoms with Crippen LogP contribution in [-0.2, 0) is 16.6 Å². The molecule has 24 heavy (non-hydrogen) atoms. The predicted molar refractivity (Wildman–Crippen MR) is 81.2 cm³/mol. The number of halogens is 1. The summed E-state index contributed by atoms with van der Waals surface area (Å²) < 4.78 is 19.3. The monoisotopic (exact) mass is 325 g/mol. The number of fused-ring (bicyclic) bond motifs is 4. The van der Waals surface area contributed by atoms with Crippen LogP contribution in [0, 0.1) is 17.1 Å². The number of nitrogens with two attached hydrogens (primary N) is 1. The van der Waals surface area contributed by atoms with Crippen molar-refractivity contribution in [3.8, 4) is 11.9 Å². The Labute approximate surface area is 135 Å². The Morgan fingerprint density at radius 1 is 1.50 bits per heavy atom. The van der Waals surface area contributed by atoms with Gasteiger partial charge in [-0.15, -0.1) is 5.10 Å². The van der Waals surface area contributed by atoms with Gasteiger partial charge in [-0.2, -0.15) is 5.26 Å². The van der Waals surface area contributed by atoms with E-state index in [9.17, 15) is 14.4 Å². The van der Waals surface area contributed by atoms with Crippen molar-refractivity contribution in [3.63, 3.8) is 0 Å². The summed E-state index contributed by atoms with van der Waals surface area (Å²) in [4.78, 5) is 13.0. The Hall–Kier alpha value is -3.34. The predicted octanol–water partition coefficient (Wildman–Crippen LogP) is 1.44. The van der Waals surface area contributed by atoms with Gasteiger partial charge in [-0.1, -0.05) is 6.92 Å². The van der Waals surface area contributed by atoms with E-state index in [1.807, 2.05) is 13.0 Å². The van der Waals surface area contributed by atoms with Gasteiger partial charge in [0.25, 0.3) is 0 Å². The lowest BCUT2D eigenvalue weighted by atomic mass is 9.69. The number of nitriles is 1. The molecule has 4 rings (SSSR count). The van der Waals surface area contributed by atoms with Crippen LogP contribution in [-0.4, -0.2) is 16.1 Å². The van der Waals surface area contributed by atoms with E-state index < -0.39 is 17.1 Å². The number of aromatic amines is 1. The molecule has 1 aromatic carbocycles. The highest BCUT2D eigenvalue weighted by molar-refractivity contribution is 6.12. The quantitative estimate of drug-likeness (QED) is 0.733. The minimum atomic E-state index is -1.57. The Bertz CT molecular complexity index is 971. The summed E-state index contributed by atoms with van der Waals surface area (Å²) in [5, 5.41) is 19.2. The number of nitrogens with zero attached hydrogens (tertiary/aromatic N) is 2. The molecule has 7 nitrogen and oxygen atoms in total. The molecule has 0 aliphatic carbocycles.